The summed E-state index contributed by atoms with van der Waals surface area (Å²) < 4.78 is 5.17. The normalized spacial score (nSPS) is 25.7. The second-order valence-electron chi connectivity index (χ2n) is 5.75. The fourth-order valence-corrected chi connectivity index (χ4v) is 3.07. The lowest BCUT2D eigenvalue weighted by molar-refractivity contribution is 0.245. The maximum Gasteiger partial charge on any atom is 0.118 e. The molecule has 1 aliphatic carbocycles. The van der Waals surface area contributed by atoms with Gasteiger partial charge in [0.15, 0.2) is 0 Å². The van der Waals surface area contributed by atoms with Crippen LogP contribution in [0.15, 0.2) is 24.3 Å². The topological polar surface area (TPSA) is 35.2 Å². The first kappa shape index (κ1) is 13.4. The van der Waals surface area contributed by atoms with Gasteiger partial charge in [-0.1, -0.05) is 31.9 Å². The van der Waals surface area contributed by atoms with Crippen LogP contribution in [-0.2, 0) is 6.42 Å². The molecule has 1 aromatic carbocycles. The highest BCUT2D eigenvalue weighted by atomic mass is 16.5. The molecule has 2 rings (SSSR count). The Bertz CT molecular complexity index is 360. The van der Waals surface area contributed by atoms with Gasteiger partial charge in [-0.3, -0.25) is 0 Å². The van der Waals surface area contributed by atoms with Gasteiger partial charge in [0.2, 0.25) is 0 Å². The third-order valence-electron chi connectivity index (χ3n) is 4.21. The lowest BCUT2D eigenvalue weighted by atomic mass is 9.77. The predicted octanol–water partition coefficient (Wildman–Crippen LogP) is 3.39. The van der Waals surface area contributed by atoms with Gasteiger partial charge in [0.05, 0.1) is 7.11 Å². The molecule has 100 valence electrons. The van der Waals surface area contributed by atoms with Crippen LogP contribution in [0.2, 0.25) is 0 Å². The number of methoxy groups -OCH3 is 1. The van der Waals surface area contributed by atoms with Crippen LogP contribution in [0.25, 0.3) is 0 Å². The van der Waals surface area contributed by atoms with Gasteiger partial charge >= 0.3 is 0 Å². The Kier molecular flexibility index (Phi) is 4.65. The zero-order chi connectivity index (χ0) is 13.0. The molecular formula is C16H25NO. The van der Waals surface area contributed by atoms with Gasteiger partial charge in [-0.05, 0) is 48.8 Å². The Morgan fingerprint density at radius 3 is 2.61 bits per heavy atom. The van der Waals surface area contributed by atoms with Crippen molar-refractivity contribution in [2.75, 3.05) is 7.11 Å². The minimum absolute atomic E-state index is 0.307. The summed E-state index contributed by atoms with van der Waals surface area (Å²) in [7, 11) is 1.70. The summed E-state index contributed by atoms with van der Waals surface area (Å²) in [6.07, 6.45) is 6.33. The van der Waals surface area contributed by atoms with Crippen molar-refractivity contribution in [3.63, 3.8) is 0 Å². The van der Waals surface area contributed by atoms with Gasteiger partial charge < -0.3 is 10.5 Å². The number of benzene rings is 1. The molecule has 0 aliphatic heterocycles. The van der Waals surface area contributed by atoms with E-state index in [0.29, 0.717) is 12.0 Å². The monoisotopic (exact) mass is 247 g/mol. The van der Waals surface area contributed by atoms with Crippen LogP contribution in [0.3, 0.4) is 0 Å². The first-order valence-electron chi connectivity index (χ1n) is 7.07. The van der Waals surface area contributed by atoms with Crippen LogP contribution >= 0.6 is 0 Å². The maximum absolute atomic E-state index is 6.38. The summed E-state index contributed by atoms with van der Waals surface area (Å²) in [6.45, 7) is 2.35. The lowest BCUT2D eigenvalue weighted by Gasteiger charge is -2.31. The zero-order valence-corrected chi connectivity index (χ0v) is 11.6. The highest BCUT2D eigenvalue weighted by Crippen LogP contribution is 2.31. The molecule has 0 heterocycles. The van der Waals surface area contributed by atoms with E-state index in [4.69, 9.17) is 10.5 Å². The van der Waals surface area contributed by atoms with Gasteiger partial charge in [-0.2, -0.15) is 0 Å². The second-order valence-corrected chi connectivity index (χ2v) is 5.75. The summed E-state index contributed by atoms with van der Waals surface area (Å²) in [4.78, 5) is 0. The lowest BCUT2D eigenvalue weighted by Crippen LogP contribution is -2.35. The first-order chi connectivity index (χ1) is 8.69. The average molecular weight is 247 g/mol. The molecule has 1 aliphatic rings. The van der Waals surface area contributed by atoms with Gasteiger partial charge in [0, 0.05) is 6.04 Å². The molecule has 2 nitrogen and oxygen atoms in total. The largest absolute Gasteiger partial charge is 0.497 e. The van der Waals surface area contributed by atoms with Crippen LogP contribution in [0, 0.1) is 11.8 Å². The molecule has 1 aromatic rings. The number of rotatable bonds is 4. The molecule has 3 unspecified atom stereocenters. The summed E-state index contributed by atoms with van der Waals surface area (Å²) in [5, 5.41) is 0. The van der Waals surface area contributed by atoms with E-state index in [1.165, 1.54) is 31.2 Å². The van der Waals surface area contributed by atoms with E-state index in [-0.39, 0.29) is 0 Å². The van der Waals surface area contributed by atoms with Crippen LogP contribution in [-0.4, -0.2) is 13.2 Å². The van der Waals surface area contributed by atoms with Crippen molar-refractivity contribution in [3.05, 3.63) is 29.8 Å². The van der Waals surface area contributed by atoms with Crippen LogP contribution < -0.4 is 10.5 Å². The Labute approximate surface area is 111 Å². The van der Waals surface area contributed by atoms with Crippen molar-refractivity contribution >= 4 is 0 Å². The smallest absolute Gasteiger partial charge is 0.118 e. The maximum atomic E-state index is 6.38. The molecule has 2 heteroatoms. The fraction of sp³-hybridized carbons (Fsp3) is 0.625. The Hall–Kier alpha value is -1.02. The molecule has 3 atom stereocenters. The number of nitrogens with two attached hydrogens (primary N) is 1. The van der Waals surface area contributed by atoms with E-state index in [1.807, 2.05) is 12.1 Å². The molecule has 0 bridgehead atoms. The van der Waals surface area contributed by atoms with Crippen molar-refractivity contribution in [2.45, 2.75) is 45.1 Å². The quantitative estimate of drug-likeness (QED) is 0.885. The van der Waals surface area contributed by atoms with E-state index >= 15 is 0 Å². The standard InChI is InChI=1S/C16H25NO/c1-12-4-3-5-14(10-12)16(17)11-13-6-8-15(18-2)9-7-13/h6-9,12,14,16H,3-5,10-11,17H2,1-2H3. The van der Waals surface area contributed by atoms with Gasteiger partial charge in [-0.25, -0.2) is 0 Å². The van der Waals surface area contributed by atoms with Gasteiger partial charge in [-0.15, -0.1) is 0 Å². The van der Waals surface area contributed by atoms with Crippen LogP contribution in [0.1, 0.15) is 38.2 Å². The molecule has 0 amide bonds. The van der Waals surface area contributed by atoms with E-state index in [0.717, 1.165) is 18.1 Å². The molecule has 0 spiro atoms. The molecule has 18 heavy (non-hydrogen) atoms. The molecule has 0 saturated heterocycles. The van der Waals surface area contributed by atoms with Crippen molar-refractivity contribution in [1.29, 1.82) is 0 Å². The summed E-state index contributed by atoms with van der Waals surface area (Å²) in [6, 6.07) is 8.61. The van der Waals surface area contributed by atoms with Crippen molar-refractivity contribution in [1.82, 2.24) is 0 Å². The first-order valence-corrected chi connectivity index (χ1v) is 7.07. The molecule has 0 aromatic heterocycles. The fourth-order valence-electron chi connectivity index (χ4n) is 3.07. The average Bonchev–Trinajstić information content (AvgIpc) is 2.39. The summed E-state index contributed by atoms with van der Waals surface area (Å²) >= 11 is 0. The van der Waals surface area contributed by atoms with Crippen molar-refractivity contribution in [2.24, 2.45) is 17.6 Å². The third kappa shape index (κ3) is 3.49. The Morgan fingerprint density at radius 1 is 1.28 bits per heavy atom. The zero-order valence-electron chi connectivity index (χ0n) is 11.6. The van der Waals surface area contributed by atoms with Crippen molar-refractivity contribution < 1.29 is 4.74 Å². The minimum atomic E-state index is 0.307. The number of ether oxygens (including phenoxy) is 1. The van der Waals surface area contributed by atoms with E-state index in [9.17, 15) is 0 Å². The van der Waals surface area contributed by atoms with E-state index in [1.54, 1.807) is 7.11 Å². The van der Waals surface area contributed by atoms with Crippen LogP contribution in [0.4, 0.5) is 0 Å². The van der Waals surface area contributed by atoms with Gasteiger partial charge in [0.1, 0.15) is 5.75 Å². The highest BCUT2D eigenvalue weighted by Gasteiger charge is 2.24. The molecule has 1 saturated carbocycles. The Balaban J connectivity index is 1.91. The Morgan fingerprint density at radius 2 is 2.00 bits per heavy atom. The summed E-state index contributed by atoms with van der Waals surface area (Å²) in [5.74, 6) is 2.47. The summed E-state index contributed by atoms with van der Waals surface area (Å²) in [5.41, 5.74) is 7.70. The number of hydrogen-bond acceptors (Lipinski definition) is 2. The second kappa shape index (κ2) is 6.24. The SMILES string of the molecule is COc1ccc(CC(N)C2CCCC(C)C2)cc1. The minimum Gasteiger partial charge on any atom is -0.497 e. The highest BCUT2D eigenvalue weighted by molar-refractivity contribution is 5.27. The van der Waals surface area contributed by atoms with Crippen molar-refractivity contribution in [3.8, 4) is 5.75 Å². The molecule has 2 N–H and O–H groups in total. The van der Waals surface area contributed by atoms with E-state index < -0.39 is 0 Å². The predicted molar refractivity (Wildman–Crippen MR) is 75.8 cm³/mol. The molecule has 0 radical (unpaired) electrons. The number of hydrogen-bond donors (Lipinski definition) is 1. The van der Waals surface area contributed by atoms with Gasteiger partial charge in [0.25, 0.3) is 0 Å². The van der Waals surface area contributed by atoms with Crippen LogP contribution in [0.5, 0.6) is 5.75 Å². The van der Waals surface area contributed by atoms with E-state index in [2.05, 4.69) is 19.1 Å². The third-order valence-corrected chi connectivity index (χ3v) is 4.21. The molecular weight excluding hydrogens is 222 g/mol. The molecule has 1 fully saturated rings.